The maximum atomic E-state index is 11.6. The first kappa shape index (κ1) is 24.1. The number of nitrogens with one attached hydrogen (secondary N) is 1. The summed E-state index contributed by atoms with van der Waals surface area (Å²) in [6.45, 7) is 2.77. The molecular weight excluding hydrogens is 310 g/mol. The van der Waals surface area contributed by atoms with Gasteiger partial charge < -0.3 is 16.8 Å². The normalized spacial score (nSPS) is 12.6. The monoisotopic (exact) mass is 353 g/mol. The van der Waals surface area contributed by atoms with Crippen LogP contribution in [0, 0.1) is 0 Å². The third kappa shape index (κ3) is 19.3. The van der Waals surface area contributed by atoms with E-state index in [2.05, 4.69) is 24.4 Å². The van der Waals surface area contributed by atoms with Gasteiger partial charge in [0, 0.05) is 6.42 Å². The fourth-order valence-electron chi connectivity index (χ4n) is 2.89. The number of unbranched alkanes of at least 4 members (excludes halogenated alkanes) is 11. The van der Waals surface area contributed by atoms with E-state index >= 15 is 0 Å². The maximum absolute atomic E-state index is 11.6. The van der Waals surface area contributed by atoms with Crippen LogP contribution in [0.15, 0.2) is 12.2 Å². The molecule has 1 amide bonds. The zero-order valence-electron chi connectivity index (χ0n) is 16.6. The van der Waals surface area contributed by atoms with Crippen molar-refractivity contribution in [3.8, 4) is 0 Å². The first-order chi connectivity index (χ1) is 12.2. The van der Waals surface area contributed by atoms with E-state index < -0.39 is 0 Å². The highest BCUT2D eigenvalue weighted by atomic mass is 16.1. The van der Waals surface area contributed by atoms with Crippen molar-refractivity contribution in [3.05, 3.63) is 12.2 Å². The van der Waals surface area contributed by atoms with E-state index in [0.29, 0.717) is 19.4 Å². The van der Waals surface area contributed by atoms with E-state index in [1.165, 1.54) is 70.6 Å². The number of rotatable bonds is 18. The van der Waals surface area contributed by atoms with Gasteiger partial charge >= 0.3 is 0 Å². The van der Waals surface area contributed by atoms with Crippen LogP contribution in [0.5, 0.6) is 0 Å². The molecule has 0 bridgehead atoms. The lowest BCUT2D eigenvalue weighted by molar-refractivity contribution is -0.121. The number of amides is 1. The van der Waals surface area contributed by atoms with Crippen molar-refractivity contribution in [2.75, 3.05) is 6.54 Å². The number of carbonyl (C=O) groups is 1. The van der Waals surface area contributed by atoms with Crippen LogP contribution >= 0.6 is 0 Å². The summed E-state index contributed by atoms with van der Waals surface area (Å²) in [6.07, 6.45) is 22.1. The number of carbonyl (C=O) groups excluding carboxylic acids is 1. The highest BCUT2D eigenvalue weighted by Crippen LogP contribution is 2.09. The average Bonchev–Trinajstić information content (AvgIpc) is 2.58. The first-order valence-corrected chi connectivity index (χ1v) is 10.6. The van der Waals surface area contributed by atoms with Crippen molar-refractivity contribution in [1.82, 2.24) is 5.32 Å². The van der Waals surface area contributed by atoms with Crippen LogP contribution < -0.4 is 16.8 Å². The molecule has 0 aliphatic carbocycles. The van der Waals surface area contributed by atoms with Crippen molar-refractivity contribution < 1.29 is 4.79 Å². The van der Waals surface area contributed by atoms with Gasteiger partial charge in [-0.1, -0.05) is 70.4 Å². The van der Waals surface area contributed by atoms with Crippen molar-refractivity contribution in [1.29, 1.82) is 0 Å². The standard InChI is InChI=1S/C21H43N3O/c1-2-3-4-5-6-7-8-9-10-11-12-13-14-15-16-17-21(25)24-20(23)18-19-22/h9-10,20H,2-8,11-19,22-23H2,1H3,(H,24,25)/b10-9-. The fourth-order valence-corrected chi connectivity index (χ4v) is 2.89. The van der Waals surface area contributed by atoms with Gasteiger partial charge in [0.2, 0.25) is 5.91 Å². The smallest absolute Gasteiger partial charge is 0.221 e. The Morgan fingerprint density at radius 2 is 1.40 bits per heavy atom. The molecular formula is C21H43N3O. The van der Waals surface area contributed by atoms with Crippen molar-refractivity contribution in [2.24, 2.45) is 11.5 Å². The minimum absolute atomic E-state index is 0.0542. The molecule has 0 fully saturated rings. The van der Waals surface area contributed by atoms with Crippen LogP contribution in [0.4, 0.5) is 0 Å². The Hall–Kier alpha value is -0.870. The maximum Gasteiger partial charge on any atom is 0.221 e. The highest BCUT2D eigenvalue weighted by molar-refractivity contribution is 5.76. The second-order valence-corrected chi connectivity index (χ2v) is 7.09. The van der Waals surface area contributed by atoms with Gasteiger partial charge in [-0.3, -0.25) is 4.79 Å². The summed E-state index contributed by atoms with van der Waals surface area (Å²) in [7, 11) is 0. The molecule has 1 unspecified atom stereocenters. The van der Waals surface area contributed by atoms with Gasteiger partial charge in [0.05, 0.1) is 6.17 Å². The van der Waals surface area contributed by atoms with Crippen LogP contribution in [0.2, 0.25) is 0 Å². The molecule has 0 aliphatic heterocycles. The molecule has 25 heavy (non-hydrogen) atoms. The summed E-state index contributed by atoms with van der Waals surface area (Å²) >= 11 is 0. The predicted molar refractivity (Wildman–Crippen MR) is 109 cm³/mol. The van der Waals surface area contributed by atoms with Crippen LogP contribution in [0.1, 0.15) is 103 Å². The minimum atomic E-state index is -0.291. The Bertz CT molecular complexity index is 318. The fraction of sp³-hybridized carbons (Fsp3) is 0.857. The van der Waals surface area contributed by atoms with E-state index in [0.717, 1.165) is 12.8 Å². The van der Waals surface area contributed by atoms with Gasteiger partial charge in [-0.15, -0.1) is 0 Å². The molecule has 0 rings (SSSR count). The minimum Gasteiger partial charge on any atom is -0.341 e. The van der Waals surface area contributed by atoms with Crippen molar-refractivity contribution in [3.63, 3.8) is 0 Å². The van der Waals surface area contributed by atoms with Crippen molar-refractivity contribution >= 4 is 5.91 Å². The molecule has 1 atom stereocenters. The Morgan fingerprint density at radius 3 is 1.96 bits per heavy atom. The molecule has 0 aromatic rings. The van der Waals surface area contributed by atoms with Gasteiger partial charge in [-0.2, -0.15) is 0 Å². The Morgan fingerprint density at radius 1 is 0.880 bits per heavy atom. The van der Waals surface area contributed by atoms with E-state index in [1.54, 1.807) is 0 Å². The van der Waals surface area contributed by atoms with Crippen LogP contribution in [0.3, 0.4) is 0 Å². The lowest BCUT2D eigenvalue weighted by Gasteiger charge is -2.12. The number of hydrogen-bond acceptors (Lipinski definition) is 3. The number of hydrogen-bond donors (Lipinski definition) is 3. The molecule has 0 spiro atoms. The molecule has 0 radical (unpaired) electrons. The topological polar surface area (TPSA) is 81.1 Å². The number of nitrogens with two attached hydrogens (primary N) is 2. The summed E-state index contributed by atoms with van der Waals surface area (Å²) in [5.74, 6) is 0.0542. The molecule has 5 N–H and O–H groups in total. The van der Waals surface area contributed by atoms with Gasteiger partial charge in [0.1, 0.15) is 0 Å². The molecule has 4 heteroatoms. The summed E-state index contributed by atoms with van der Waals surface area (Å²) in [4.78, 5) is 11.6. The molecule has 0 aromatic carbocycles. The second-order valence-electron chi connectivity index (χ2n) is 7.09. The van der Waals surface area contributed by atoms with Crippen LogP contribution in [-0.4, -0.2) is 18.6 Å². The predicted octanol–water partition coefficient (Wildman–Crippen LogP) is 4.77. The third-order valence-corrected chi connectivity index (χ3v) is 4.49. The summed E-state index contributed by atoms with van der Waals surface area (Å²) in [5.41, 5.74) is 11.1. The molecule has 0 saturated heterocycles. The quantitative estimate of drug-likeness (QED) is 0.188. The van der Waals surface area contributed by atoms with E-state index in [9.17, 15) is 4.79 Å². The van der Waals surface area contributed by atoms with Gasteiger partial charge in [0.15, 0.2) is 0 Å². The first-order valence-electron chi connectivity index (χ1n) is 10.6. The molecule has 148 valence electrons. The largest absolute Gasteiger partial charge is 0.341 e. The van der Waals surface area contributed by atoms with Gasteiger partial charge in [-0.25, -0.2) is 0 Å². The van der Waals surface area contributed by atoms with E-state index in [-0.39, 0.29) is 12.1 Å². The lowest BCUT2D eigenvalue weighted by Crippen LogP contribution is -2.42. The summed E-state index contributed by atoms with van der Waals surface area (Å²) in [6, 6.07) is 0. The third-order valence-electron chi connectivity index (χ3n) is 4.49. The number of allylic oxidation sites excluding steroid dienone is 2. The summed E-state index contributed by atoms with van der Waals surface area (Å²) < 4.78 is 0. The molecule has 0 aromatic heterocycles. The molecule has 0 aliphatic rings. The lowest BCUT2D eigenvalue weighted by atomic mass is 10.1. The zero-order chi connectivity index (χ0) is 18.6. The zero-order valence-corrected chi connectivity index (χ0v) is 16.6. The molecule has 4 nitrogen and oxygen atoms in total. The Balaban J connectivity index is 3.25. The molecule has 0 saturated carbocycles. The SMILES string of the molecule is CCCCCCCC/C=C\CCCCCCCC(=O)NC(N)CCN. The molecule has 0 heterocycles. The van der Waals surface area contributed by atoms with Gasteiger partial charge in [0.25, 0.3) is 0 Å². The van der Waals surface area contributed by atoms with Crippen LogP contribution in [-0.2, 0) is 4.79 Å². The average molecular weight is 354 g/mol. The second kappa shape index (κ2) is 19.5. The highest BCUT2D eigenvalue weighted by Gasteiger charge is 2.05. The summed E-state index contributed by atoms with van der Waals surface area (Å²) in [5, 5.41) is 2.78. The Labute approximate surface area is 156 Å². The van der Waals surface area contributed by atoms with E-state index in [4.69, 9.17) is 11.5 Å². The van der Waals surface area contributed by atoms with E-state index in [1.807, 2.05) is 0 Å². The van der Waals surface area contributed by atoms with Crippen LogP contribution in [0.25, 0.3) is 0 Å². The van der Waals surface area contributed by atoms with Crippen molar-refractivity contribution in [2.45, 2.75) is 109 Å². The Kier molecular flexibility index (Phi) is 18.8. The van der Waals surface area contributed by atoms with Gasteiger partial charge in [-0.05, 0) is 45.1 Å².